The number of rotatable bonds is 4. The van der Waals surface area contributed by atoms with Crippen molar-refractivity contribution < 1.29 is 9.90 Å². The first-order chi connectivity index (χ1) is 9.06. The number of hydrogen-bond donors (Lipinski definition) is 2. The number of aryl methyl sites for hydroxylation is 1. The fourth-order valence-corrected chi connectivity index (χ4v) is 2.81. The maximum absolute atomic E-state index is 11.0. The van der Waals surface area contributed by atoms with E-state index in [0.29, 0.717) is 17.3 Å². The third-order valence-electron chi connectivity index (χ3n) is 4.03. The lowest BCUT2D eigenvalue weighted by atomic mass is 9.80. The smallest absolute Gasteiger partial charge is 0.335 e. The van der Waals surface area contributed by atoms with E-state index in [0.717, 1.165) is 18.2 Å². The number of nitrogens with one attached hydrogen (secondary N) is 1. The Bertz CT molecular complexity index is 459. The van der Waals surface area contributed by atoms with Crippen LogP contribution in [0, 0.1) is 18.8 Å². The largest absolute Gasteiger partial charge is 0.478 e. The number of pyridine rings is 1. The highest BCUT2D eigenvalue weighted by atomic mass is 16.4. The van der Waals surface area contributed by atoms with Crippen LogP contribution < -0.4 is 5.32 Å². The fraction of sp³-hybridized carbons (Fsp3) is 0.600. The predicted octanol–water partition coefficient (Wildman–Crippen LogP) is 3.33. The SMILES string of the molecule is Cc1cc(C(=O)O)cc(NCC2CCCCC2C)n1. The van der Waals surface area contributed by atoms with Crippen LogP contribution in [0.1, 0.15) is 48.7 Å². The second-order valence-corrected chi connectivity index (χ2v) is 5.59. The van der Waals surface area contributed by atoms with Gasteiger partial charge in [0, 0.05) is 12.2 Å². The Hall–Kier alpha value is -1.58. The van der Waals surface area contributed by atoms with Crippen molar-refractivity contribution in [3.8, 4) is 0 Å². The third-order valence-corrected chi connectivity index (χ3v) is 4.03. The van der Waals surface area contributed by atoms with E-state index < -0.39 is 5.97 Å². The second kappa shape index (κ2) is 6.04. The van der Waals surface area contributed by atoms with Gasteiger partial charge in [0.1, 0.15) is 5.82 Å². The zero-order valence-corrected chi connectivity index (χ0v) is 11.6. The Kier molecular flexibility index (Phi) is 4.40. The Morgan fingerprint density at radius 2 is 2.16 bits per heavy atom. The van der Waals surface area contributed by atoms with Gasteiger partial charge in [0.05, 0.1) is 5.56 Å². The third kappa shape index (κ3) is 3.69. The van der Waals surface area contributed by atoms with E-state index in [1.165, 1.54) is 25.7 Å². The van der Waals surface area contributed by atoms with Gasteiger partial charge in [0.15, 0.2) is 0 Å². The van der Waals surface area contributed by atoms with Gasteiger partial charge in [-0.25, -0.2) is 9.78 Å². The summed E-state index contributed by atoms with van der Waals surface area (Å²) in [6.45, 7) is 5.01. The molecule has 0 aromatic carbocycles. The molecule has 2 N–H and O–H groups in total. The van der Waals surface area contributed by atoms with Crippen LogP contribution >= 0.6 is 0 Å². The number of aromatic nitrogens is 1. The lowest BCUT2D eigenvalue weighted by Gasteiger charge is -2.29. The lowest BCUT2D eigenvalue weighted by Crippen LogP contribution is -2.24. The normalized spacial score (nSPS) is 23.1. The first kappa shape index (κ1) is 13.8. The highest BCUT2D eigenvalue weighted by Crippen LogP contribution is 2.29. The van der Waals surface area contributed by atoms with Crippen LogP contribution in [0.2, 0.25) is 0 Å². The summed E-state index contributed by atoms with van der Waals surface area (Å²) in [5.74, 6) is 1.18. The van der Waals surface area contributed by atoms with Gasteiger partial charge in [-0.2, -0.15) is 0 Å². The Labute approximate surface area is 114 Å². The molecule has 104 valence electrons. The molecular weight excluding hydrogens is 240 g/mol. The monoisotopic (exact) mass is 262 g/mol. The molecule has 1 aromatic rings. The van der Waals surface area contributed by atoms with Crippen LogP contribution in [-0.2, 0) is 0 Å². The van der Waals surface area contributed by atoms with Crippen molar-refractivity contribution in [3.05, 3.63) is 23.4 Å². The molecular formula is C15H22N2O2. The zero-order valence-electron chi connectivity index (χ0n) is 11.6. The van der Waals surface area contributed by atoms with Gasteiger partial charge in [-0.1, -0.05) is 26.2 Å². The minimum Gasteiger partial charge on any atom is -0.478 e. The average molecular weight is 262 g/mol. The standard InChI is InChI=1S/C15H22N2O2/c1-10-5-3-4-6-12(10)9-16-14-8-13(15(18)19)7-11(2)17-14/h7-8,10,12H,3-6,9H2,1-2H3,(H,16,17)(H,18,19). The van der Waals surface area contributed by atoms with E-state index >= 15 is 0 Å². The van der Waals surface area contributed by atoms with E-state index in [9.17, 15) is 4.79 Å². The van der Waals surface area contributed by atoms with Gasteiger partial charge in [-0.15, -0.1) is 0 Å². The van der Waals surface area contributed by atoms with Crippen LogP contribution in [0.4, 0.5) is 5.82 Å². The van der Waals surface area contributed by atoms with Crippen molar-refractivity contribution in [2.75, 3.05) is 11.9 Å². The number of anilines is 1. The second-order valence-electron chi connectivity index (χ2n) is 5.59. The summed E-state index contributed by atoms with van der Waals surface area (Å²) >= 11 is 0. The Morgan fingerprint density at radius 3 is 2.84 bits per heavy atom. The summed E-state index contributed by atoms with van der Waals surface area (Å²) in [4.78, 5) is 15.4. The molecule has 0 saturated heterocycles. The van der Waals surface area contributed by atoms with Gasteiger partial charge >= 0.3 is 5.97 Å². The van der Waals surface area contributed by atoms with Gasteiger partial charge in [-0.05, 0) is 37.3 Å². The van der Waals surface area contributed by atoms with Gasteiger partial charge < -0.3 is 10.4 Å². The number of aromatic carboxylic acids is 1. The minimum absolute atomic E-state index is 0.298. The summed E-state index contributed by atoms with van der Waals surface area (Å²) in [6, 6.07) is 3.21. The van der Waals surface area contributed by atoms with Crippen molar-refractivity contribution in [2.45, 2.75) is 39.5 Å². The van der Waals surface area contributed by atoms with Gasteiger partial charge in [0.25, 0.3) is 0 Å². The van der Waals surface area contributed by atoms with Crippen molar-refractivity contribution in [3.63, 3.8) is 0 Å². The van der Waals surface area contributed by atoms with E-state index in [1.54, 1.807) is 12.1 Å². The molecule has 2 rings (SSSR count). The van der Waals surface area contributed by atoms with Crippen LogP contribution in [0.25, 0.3) is 0 Å². The number of carboxylic acid groups (broad SMARTS) is 1. The van der Waals surface area contributed by atoms with Crippen molar-refractivity contribution >= 4 is 11.8 Å². The molecule has 2 atom stereocenters. The van der Waals surface area contributed by atoms with Gasteiger partial charge in [0.2, 0.25) is 0 Å². The molecule has 1 aromatic heterocycles. The van der Waals surface area contributed by atoms with Crippen molar-refractivity contribution in [1.82, 2.24) is 4.98 Å². The molecule has 1 saturated carbocycles. The molecule has 19 heavy (non-hydrogen) atoms. The van der Waals surface area contributed by atoms with Crippen LogP contribution in [-0.4, -0.2) is 22.6 Å². The molecule has 1 fully saturated rings. The maximum Gasteiger partial charge on any atom is 0.335 e. The molecule has 1 heterocycles. The topological polar surface area (TPSA) is 62.2 Å². The zero-order chi connectivity index (χ0) is 13.8. The van der Waals surface area contributed by atoms with Gasteiger partial charge in [-0.3, -0.25) is 0 Å². The van der Waals surface area contributed by atoms with E-state index in [4.69, 9.17) is 5.11 Å². The quantitative estimate of drug-likeness (QED) is 0.873. The lowest BCUT2D eigenvalue weighted by molar-refractivity contribution is 0.0696. The molecule has 2 unspecified atom stereocenters. The maximum atomic E-state index is 11.0. The molecule has 0 amide bonds. The molecule has 1 aliphatic carbocycles. The predicted molar refractivity (Wildman–Crippen MR) is 75.5 cm³/mol. The summed E-state index contributed by atoms with van der Waals surface area (Å²) < 4.78 is 0. The molecule has 0 aliphatic heterocycles. The Morgan fingerprint density at radius 1 is 1.42 bits per heavy atom. The summed E-state index contributed by atoms with van der Waals surface area (Å²) in [6.07, 6.45) is 5.20. The fourth-order valence-electron chi connectivity index (χ4n) is 2.81. The highest BCUT2D eigenvalue weighted by Gasteiger charge is 2.21. The molecule has 0 bridgehead atoms. The van der Waals surface area contributed by atoms with Crippen LogP contribution in [0.15, 0.2) is 12.1 Å². The first-order valence-corrected chi connectivity index (χ1v) is 7.02. The van der Waals surface area contributed by atoms with Crippen LogP contribution in [0.5, 0.6) is 0 Å². The molecule has 4 nitrogen and oxygen atoms in total. The molecule has 0 radical (unpaired) electrons. The average Bonchev–Trinajstić information content (AvgIpc) is 2.37. The number of nitrogens with zero attached hydrogens (tertiary/aromatic N) is 1. The molecule has 0 spiro atoms. The first-order valence-electron chi connectivity index (χ1n) is 7.02. The Balaban J connectivity index is 2.00. The summed E-state index contributed by atoms with van der Waals surface area (Å²) in [7, 11) is 0. The number of hydrogen-bond acceptors (Lipinski definition) is 3. The minimum atomic E-state index is -0.903. The number of carboxylic acids is 1. The molecule has 1 aliphatic rings. The number of carbonyl (C=O) groups is 1. The van der Waals surface area contributed by atoms with Crippen LogP contribution in [0.3, 0.4) is 0 Å². The van der Waals surface area contributed by atoms with E-state index in [1.807, 2.05) is 6.92 Å². The van der Waals surface area contributed by atoms with E-state index in [-0.39, 0.29) is 0 Å². The summed E-state index contributed by atoms with van der Waals surface area (Å²) in [5.41, 5.74) is 1.03. The summed E-state index contributed by atoms with van der Waals surface area (Å²) in [5, 5.41) is 12.3. The highest BCUT2D eigenvalue weighted by molar-refractivity contribution is 5.88. The van der Waals surface area contributed by atoms with Crippen molar-refractivity contribution in [1.29, 1.82) is 0 Å². The molecule has 4 heteroatoms. The van der Waals surface area contributed by atoms with Crippen molar-refractivity contribution in [2.24, 2.45) is 11.8 Å². The van der Waals surface area contributed by atoms with E-state index in [2.05, 4.69) is 17.2 Å².